The van der Waals surface area contributed by atoms with E-state index in [0.717, 1.165) is 37.8 Å². The van der Waals surface area contributed by atoms with Gasteiger partial charge in [0.25, 0.3) is 0 Å². The summed E-state index contributed by atoms with van der Waals surface area (Å²) in [5.41, 5.74) is 1.05. The lowest BCUT2D eigenvalue weighted by atomic mass is 9.95. The number of hydrogen-bond donors (Lipinski definition) is 4. The maximum absolute atomic E-state index is 13.0. The molecule has 246 valence electrons. The number of carboxylic acid groups (broad SMARTS) is 1. The van der Waals surface area contributed by atoms with Gasteiger partial charge in [-0.3, -0.25) is 4.79 Å². The Kier molecular flexibility index (Phi) is 11.0. The summed E-state index contributed by atoms with van der Waals surface area (Å²) in [7, 11) is 0. The van der Waals surface area contributed by atoms with Crippen LogP contribution in [0.1, 0.15) is 49.7 Å². The van der Waals surface area contributed by atoms with Crippen molar-refractivity contribution in [3.63, 3.8) is 0 Å². The van der Waals surface area contributed by atoms with Crippen LogP contribution in [0.4, 0.5) is 43.7 Å². The average Bonchev–Trinajstić information content (AvgIpc) is 3.22. The molecule has 1 aliphatic heterocycles. The number of carbonyl (C=O) groups excluding carboxylic acids is 1. The van der Waals surface area contributed by atoms with Crippen LogP contribution in [0.25, 0.3) is 6.08 Å². The molecule has 1 aliphatic carbocycles. The number of nitrogens with zero attached hydrogens (tertiary/aromatic N) is 2. The molecule has 3 aromatic rings. The molecule has 9 nitrogen and oxygen atoms in total. The van der Waals surface area contributed by atoms with Crippen molar-refractivity contribution in [2.45, 2.75) is 56.9 Å². The summed E-state index contributed by atoms with van der Waals surface area (Å²) >= 11 is 6.40. The summed E-state index contributed by atoms with van der Waals surface area (Å²) in [4.78, 5) is 30.6. The Hall–Kier alpha value is -4.53. The average molecular weight is 672 g/mol. The van der Waals surface area contributed by atoms with Crippen molar-refractivity contribution in [2.75, 3.05) is 17.2 Å². The number of aromatic nitrogens is 2. The third kappa shape index (κ3) is 9.49. The van der Waals surface area contributed by atoms with Gasteiger partial charge in [-0.05, 0) is 61.7 Å². The number of fused-ring (bicyclic) bond motifs is 1. The van der Waals surface area contributed by atoms with Gasteiger partial charge in [0.15, 0.2) is 0 Å². The van der Waals surface area contributed by atoms with Crippen LogP contribution in [-0.4, -0.2) is 45.7 Å². The number of aliphatic carboxylic acids is 1. The Morgan fingerprint density at radius 2 is 1.72 bits per heavy atom. The summed E-state index contributed by atoms with van der Waals surface area (Å²) in [6, 6.07) is 9.61. The minimum atomic E-state index is -5.08. The van der Waals surface area contributed by atoms with E-state index >= 15 is 0 Å². The van der Waals surface area contributed by atoms with Gasteiger partial charge in [-0.25, -0.2) is 14.8 Å². The van der Waals surface area contributed by atoms with E-state index in [1.54, 1.807) is 18.2 Å². The smallest absolute Gasteiger partial charge is 0.475 e. The Morgan fingerprint density at radius 1 is 1.00 bits per heavy atom. The van der Waals surface area contributed by atoms with Gasteiger partial charge >= 0.3 is 18.3 Å². The van der Waals surface area contributed by atoms with Gasteiger partial charge in [0, 0.05) is 23.8 Å². The van der Waals surface area contributed by atoms with Crippen molar-refractivity contribution in [1.29, 1.82) is 0 Å². The Balaban J connectivity index is 0.000000617. The van der Waals surface area contributed by atoms with Crippen LogP contribution < -0.4 is 20.7 Å². The zero-order valence-corrected chi connectivity index (χ0v) is 24.7. The predicted octanol–water partition coefficient (Wildman–Crippen LogP) is 7.97. The van der Waals surface area contributed by atoms with Crippen LogP contribution in [0.2, 0.25) is 5.02 Å². The number of nitrogens with one attached hydrogen (secondary N) is 3. The van der Waals surface area contributed by atoms with Crippen molar-refractivity contribution in [1.82, 2.24) is 15.3 Å². The predicted molar refractivity (Wildman–Crippen MR) is 158 cm³/mol. The number of hydrogen-bond acceptors (Lipinski definition) is 7. The second kappa shape index (κ2) is 14.7. The highest BCUT2D eigenvalue weighted by Gasteiger charge is 2.38. The highest BCUT2D eigenvalue weighted by atomic mass is 35.5. The molecule has 1 fully saturated rings. The van der Waals surface area contributed by atoms with Crippen LogP contribution >= 0.6 is 11.6 Å². The molecule has 5 rings (SSSR count). The third-order valence-electron chi connectivity index (χ3n) is 6.95. The van der Waals surface area contributed by atoms with E-state index in [1.165, 1.54) is 24.9 Å². The molecule has 0 spiro atoms. The number of alkyl halides is 6. The number of carboxylic acids is 1. The number of benzene rings is 2. The molecule has 4 N–H and O–H groups in total. The highest BCUT2D eigenvalue weighted by molar-refractivity contribution is 6.32. The second-order valence-corrected chi connectivity index (χ2v) is 10.7. The minimum Gasteiger partial charge on any atom is -0.475 e. The molecule has 1 amide bonds. The third-order valence-corrected chi connectivity index (χ3v) is 7.24. The van der Waals surface area contributed by atoms with E-state index in [9.17, 15) is 31.1 Å². The molecular weight excluding hydrogens is 644 g/mol. The fourth-order valence-corrected chi connectivity index (χ4v) is 4.92. The lowest BCUT2D eigenvalue weighted by Gasteiger charge is -2.23. The highest BCUT2D eigenvalue weighted by Crippen LogP contribution is 2.37. The van der Waals surface area contributed by atoms with Crippen LogP contribution in [0, 0.1) is 0 Å². The molecule has 16 heteroatoms. The maximum atomic E-state index is 13.0. The van der Waals surface area contributed by atoms with E-state index in [-0.39, 0.29) is 28.5 Å². The molecular formula is C30H28ClF6N5O4. The van der Waals surface area contributed by atoms with Gasteiger partial charge in [0.05, 0.1) is 16.1 Å². The van der Waals surface area contributed by atoms with Crippen molar-refractivity contribution >= 4 is 46.9 Å². The van der Waals surface area contributed by atoms with E-state index in [4.69, 9.17) is 26.2 Å². The van der Waals surface area contributed by atoms with Gasteiger partial charge in [-0.1, -0.05) is 36.9 Å². The first-order chi connectivity index (χ1) is 21.7. The van der Waals surface area contributed by atoms with Gasteiger partial charge in [0.1, 0.15) is 29.5 Å². The Bertz CT molecular complexity index is 1590. The number of rotatable bonds is 6. The molecule has 1 saturated carbocycles. The summed E-state index contributed by atoms with van der Waals surface area (Å²) in [6.07, 6.45) is -0.333. The summed E-state index contributed by atoms with van der Waals surface area (Å²) in [6.45, 7) is 0.556. The first-order valence-corrected chi connectivity index (χ1v) is 14.4. The lowest BCUT2D eigenvalue weighted by molar-refractivity contribution is -0.192. The fraction of sp³-hybridized carbons (Fsp3) is 0.333. The standard InChI is InChI=1S/C28H27ClF3N5O2.C2HF3O2/c29-23-15-20(9-10-24(23)39-21-8-4-5-18(14-21)28(30,31)32)36-26-22-13-17(11-12-33-25(22)34-16-35-26)27(38)37-19-6-2-1-3-7-19;3-2(4,5)1(6)7/h4-5,8-10,13-16,19H,1-3,6-7,11-12H2,(H,37,38)(H2,33,34,35,36);(H,6,7). The van der Waals surface area contributed by atoms with E-state index in [2.05, 4.69) is 25.9 Å². The monoisotopic (exact) mass is 671 g/mol. The summed E-state index contributed by atoms with van der Waals surface area (Å²) in [5, 5.41) is 16.9. The second-order valence-electron chi connectivity index (χ2n) is 10.3. The molecule has 0 saturated heterocycles. The van der Waals surface area contributed by atoms with E-state index in [1.807, 2.05) is 6.08 Å². The molecule has 2 aromatic carbocycles. The van der Waals surface area contributed by atoms with E-state index < -0.39 is 23.9 Å². The first kappa shape index (κ1) is 34.3. The minimum absolute atomic E-state index is 0.0174. The van der Waals surface area contributed by atoms with Gasteiger partial charge in [-0.2, -0.15) is 26.3 Å². The van der Waals surface area contributed by atoms with Gasteiger partial charge < -0.3 is 25.8 Å². The number of ether oxygens (including phenoxy) is 1. The lowest BCUT2D eigenvalue weighted by Crippen LogP contribution is -2.37. The quantitative estimate of drug-likeness (QED) is 0.195. The summed E-state index contributed by atoms with van der Waals surface area (Å²) < 4.78 is 76.4. The molecule has 46 heavy (non-hydrogen) atoms. The zero-order valence-electron chi connectivity index (χ0n) is 23.9. The number of carbonyl (C=O) groups is 2. The van der Waals surface area contributed by atoms with Crippen molar-refractivity contribution in [3.05, 3.63) is 70.5 Å². The molecule has 0 atom stereocenters. The van der Waals surface area contributed by atoms with Gasteiger partial charge in [-0.15, -0.1) is 0 Å². The van der Waals surface area contributed by atoms with Crippen LogP contribution in [0.15, 0.2) is 54.4 Å². The molecule has 2 heterocycles. The largest absolute Gasteiger partial charge is 0.490 e. The van der Waals surface area contributed by atoms with Crippen LogP contribution in [0.3, 0.4) is 0 Å². The topological polar surface area (TPSA) is 125 Å². The van der Waals surface area contributed by atoms with Crippen molar-refractivity contribution in [3.8, 4) is 11.5 Å². The SMILES string of the molecule is O=C(NC1CCCCC1)C1=Cc2c(ncnc2Nc2ccc(Oc3cccc(C(F)(F)F)c3)c(Cl)c2)NCC1.O=C(O)C(F)(F)F. The molecule has 1 aromatic heterocycles. The van der Waals surface area contributed by atoms with Crippen LogP contribution in [-0.2, 0) is 15.8 Å². The normalized spacial score (nSPS) is 15.2. The fourth-order valence-electron chi connectivity index (χ4n) is 4.70. The number of anilines is 3. The molecule has 2 aliphatic rings. The maximum Gasteiger partial charge on any atom is 0.490 e. The van der Waals surface area contributed by atoms with Crippen molar-refractivity contribution in [2.24, 2.45) is 0 Å². The van der Waals surface area contributed by atoms with Crippen LogP contribution in [0.5, 0.6) is 11.5 Å². The number of halogens is 7. The Labute approximate surface area is 264 Å². The summed E-state index contributed by atoms with van der Waals surface area (Å²) in [5.74, 6) is -1.54. The zero-order chi connectivity index (χ0) is 33.5. The number of amides is 1. The van der Waals surface area contributed by atoms with Crippen molar-refractivity contribution < 1.29 is 45.8 Å². The Morgan fingerprint density at radius 3 is 2.37 bits per heavy atom. The van der Waals surface area contributed by atoms with E-state index in [0.29, 0.717) is 41.4 Å². The molecule has 0 radical (unpaired) electrons. The molecule has 0 unspecified atom stereocenters. The van der Waals surface area contributed by atoms with Gasteiger partial charge in [0.2, 0.25) is 5.91 Å². The first-order valence-electron chi connectivity index (χ1n) is 14.0. The molecule has 0 bridgehead atoms.